The predicted octanol–water partition coefficient (Wildman–Crippen LogP) is 3.14. The van der Waals surface area contributed by atoms with Gasteiger partial charge >= 0.3 is 0 Å². The lowest BCUT2D eigenvalue weighted by Crippen LogP contribution is -2.35. The molecule has 112 valence electrons. The zero-order valence-electron chi connectivity index (χ0n) is 12.7. The summed E-state index contributed by atoms with van der Waals surface area (Å²) in [6.07, 6.45) is 3.93. The van der Waals surface area contributed by atoms with Crippen LogP contribution in [0.4, 0.5) is 5.82 Å². The number of pyridine rings is 1. The van der Waals surface area contributed by atoms with Gasteiger partial charge in [-0.1, -0.05) is 31.5 Å². The van der Waals surface area contributed by atoms with Gasteiger partial charge in [0, 0.05) is 24.0 Å². The molecule has 2 aromatic rings. The minimum atomic E-state index is 0.798. The van der Waals surface area contributed by atoms with Gasteiger partial charge in [0.25, 0.3) is 0 Å². The molecule has 1 aromatic heterocycles. The molecule has 1 saturated heterocycles. The van der Waals surface area contributed by atoms with Crippen molar-refractivity contribution < 1.29 is 0 Å². The normalized spacial score (nSPS) is 19.8. The number of anilines is 1. The van der Waals surface area contributed by atoms with Gasteiger partial charge < -0.3 is 5.43 Å². The first kappa shape index (κ1) is 14.3. The topological polar surface area (TPSA) is 54.2 Å². The molecular formula is C17H24N4. The van der Waals surface area contributed by atoms with E-state index in [2.05, 4.69) is 40.4 Å². The van der Waals surface area contributed by atoms with Crippen LogP contribution >= 0.6 is 0 Å². The highest BCUT2D eigenvalue weighted by Gasteiger charge is 2.19. The third kappa shape index (κ3) is 3.17. The van der Waals surface area contributed by atoms with E-state index in [0.29, 0.717) is 0 Å². The van der Waals surface area contributed by atoms with E-state index in [0.717, 1.165) is 23.8 Å². The average Bonchev–Trinajstić information content (AvgIpc) is 2.54. The fraction of sp³-hybridized carbons (Fsp3) is 0.471. The van der Waals surface area contributed by atoms with Crippen LogP contribution in [0.1, 0.15) is 31.7 Å². The van der Waals surface area contributed by atoms with Crippen molar-refractivity contribution in [1.82, 2.24) is 9.88 Å². The Morgan fingerprint density at radius 2 is 2.24 bits per heavy atom. The zero-order chi connectivity index (χ0) is 14.7. The SMILES string of the molecule is CCC1CCCN(Cc2cc3ccccc3nc2NN)C1. The van der Waals surface area contributed by atoms with Crippen molar-refractivity contribution in [3.63, 3.8) is 0 Å². The number of benzene rings is 1. The summed E-state index contributed by atoms with van der Waals surface area (Å²) in [5.74, 6) is 7.30. The van der Waals surface area contributed by atoms with Crippen LogP contribution in [0, 0.1) is 5.92 Å². The molecule has 0 amide bonds. The number of piperidine rings is 1. The monoisotopic (exact) mass is 284 g/mol. The number of aromatic nitrogens is 1. The molecule has 4 nitrogen and oxygen atoms in total. The summed E-state index contributed by atoms with van der Waals surface area (Å²) in [6.45, 7) is 5.58. The summed E-state index contributed by atoms with van der Waals surface area (Å²) in [5, 5.41) is 1.18. The Bertz CT molecular complexity index is 611. The average molecular weight is 284 g/mol. The molecule has 0 radical (unpaired) electrons. The summed E-state index contributed by atoms with van der Waals surface area (Å²) in [4.78, 5) is 7.17. The Morgan fingerprint density at radius 3 is 3.05 bits per heavy atom. The van der Waals surface area contributed by atoms with Crippen LogP contribution in [0.3, 0.4) is 0 Å². The van der Waals surface area contributed by atoms with E-state index in [1.165, 1.54) is 43.3 Å². The largest absolute Gasteiger partial charge is 0.308 e. The van der Waals surface area contributed by atoms with Crippen molar-refractivity contribution in [2.24, 2.45) is 11.8 Å². The molecule has 1 aliphatic heterocycles. The van der Waals surface area contributed by atoms with E-state index in [9.17, 15) is 0 Å². The number of nitrogens with two attached hydrogens (primary N) is 1. The number of nitrogens with one attached hydrogen (secondary N) is 1. The second-order valence-electron chi connectivity index (χ2n) is 5.98. The van der Waals surface area contributed by atoms with E-state index in [1.807, 2.05) is 12.1 Å². The first-order chi connectivity index (χ1) is 10.3. The Balaban J connectivity index is 1.85. The van der Waals surface area contributed by atoms with Crippen molar-refractivity contribution in [2.45, 2.75) is 32.7 Å². The van der Waals surface area contributed by atoms with Crippen molar-refractivity contribution >= 4 is 16.7 Å². The van der Waals surface area contributed by atoms with Gasteiger partial charge in [-0.15, -0.1) is 0 Å². The molecule has 1 atom stereocenters. The highest BCUT2D eigenvalue weighted by atomic mass is 15.3. The van der Waals surface area contributed by atoms with Gasteiger partial charge in [0.05, 0.1) is 5.52 Å². The summed E-state index contributed by atoms with van der Waals surface area (Å²) in [7, 11) is 0. The molecule has 2 heterocycles. The van der Waals surface area contributed by atoms with Crippen LogP contribution in [0.2, 0.25) is 0 Å². The van der Waals surface area contributed by atoms with Crippen LogP contribution in [0.25, 0.3) is 10.9 Å². The number of hydrogen-bond donors (Lipinski definition) is 2. The van der Waals surface area contributed by atoms with Crippen LogP contribution in [0.5, 0.6) is 0 Å². The molecule has 3 rings (SSSR count). The molecule has 3 N–H and O–H groups in total. The molecule has 0 saturated carbocycles. The number of hydrogen-bond acceptors (Lipinski definition) is 4. The minimum Gasteiger partial charge on any atom is -0.308 e. The molecule has 1 aliphatic rings. The minimum absolute atomic E-state index is 0.798. The molecule has 0 aliphatic carbocycles. The number of nitrogen functional groups attached to an aromatic ring is 1. The maximum Gasteiger partial charge on any atom is 0.145 e. The van der Waals surface area contributed by atoms with Gasteiger partial charge in [0.15, 0.2) is 0 Å². The van der Waals surface area contributed by atoms with Gasteiger partial charge in [-0.3, -0.25) is 4.90 Å². The van der Waals surface area contributed by atoms with Crippen molar-refractivity contribution in [1.29, 1.82) is 0 Å². The van der Waals surface area contributed by atoms with Crippen molar-refractivity contribution in [3.05, 3.63) is 35.9 Å². The smallest absolute Gasteiger partial charge is 0.145 e. The maximum absolute atomic E-state index is 5.67. The molecule has 4 heteroatoms. The lowest BCUT2D eigenvalue weighted by atomic mass is 9.95. The number of para-hydroxylation sites is 1. The maximum atomic E-state index is 5.67. The standard InChI is InChI=1S/C17H24N4/c1-2-13-6-5-9-21(11-13)12-15-10-14-7-3-4-8-16(14)19-17(15)20-18/h3-4,7-8,10,13H,2,5-6,9,11-12,18H2,1H3,(H,19,20). The molecule has 1 aromatic carbocycles. The Hall–Kier alpha value is -1.65. The van der Waals surface area contributed by atoms with Gasteiger partial charge in [-0.2, -0.15) is 0 Å². The second kappa shape index (κ2) is 6.41. The Kier molecular flexibility index (Phi) is 4.36. The van der Waals surface area contributed by atoms with Crippen LogP contribution < -0.4 is 11.3 Å². The van der Waals surface area contributed by atoms with Crippen LogP contribution in [0.15, 0.2) is 30.3 Å². The molecule has 21 heavy (non-hydrogen) atoms. The third-order valence-corrected chi connectivity index (χ3v) is 4.51. The van der Waals surface area contributed by atoms with E-state index in [4.69, 9.17) is 5.84 Å². The highest BCUT2D eigenvalue weighted by molar-refractivity contribution is 5.81. The molecule has 0 spiro atoms. The predicted molar refractivity (Wildman–Crippen MR) is 87.8 cm³/mol. The lowest BCUT2D eigenvalue weighted by Gasteiger charge is -2.32. The van der Waals surface area contributed by atoms with E-state index in [-0.39, 0.29) is 0 Å². The molecule has 1 fully saturated rings. The van der Waals surface area contributed by atoms with Crippen LogP contribution in [-0.4, -0.2) is 23.0 Å². The van der Waals surface area contributed by atoms with Gasteiger partial charge in [-0.05, 0) is 37.4 Å². The van der Waals surface area contributed by atoms with Gasteiger partial charge in [-0.25, -0.2) is 10.8 Å². The number of nitrogens with zero attached hydrogens (tertiary/aromatic N) is 2. The molecule has 1 unspecified atom stereocenters. The third-order valence-electron chi connectivity index (χ3n) is 4.51. The number of likely N-dealkylation sites (tertiary alicyclic amines) is 1. The summed E-state index contributed by atoms with van der Waals surface area (Å²) in [6, 6.07) is 10.4. The summed E-state index contributed by atoms with van der Waals surface area (Å²) in [5.41, 5.74) is 4.94. The molecular weight excluding hydrogens is 260 g/mol. The number of hydrazine groups is 1. The highest BCUT2D eigenvalue weighted by Crippen LogP contribution is 2.25. The fourth-order valence-corrected chi connectivity index (χ4v) is 3.27. The first-order valence-electron chi connectivity index (χ1n) is 7.87. The van der Waals surface area contributed by atoms with Crippen molar-refractivity contribution in [2.75, 3.05) is 18.5 Å². The van der Waals surface area contributed by atoms with Crippen LogP contribution in [-0.2, 0) is 6.54 Å². The second-order valence-corrected chi connectivity index (χ2v) is 5.98. The Morgan fingerprint density at radius 1 is 1.38 bits per heavy atom. The van der Waals surface area contributed by atoms with Crippen molar-refractivity contribution in [3.8, 4) is 0 Å². The van der Waals surface area contributed by atoms with E-state index < -0.39 is 0 Å². The zero-order valence-corrected chi connectivity index (χ0v) is 12.7. The number of fused-ring (bicyclic) bond motifs is 1. The van der Waals surface area contributed by atoms with Gasteiger partial charge in [0.2, 0.25) is 0 Å². The van der Waals surface area contributed by atoms with E-state index >= 15 is 0 Å². The number of rotatable bonds is 4. The quantitative estimate of drug-likeness (QED) is 0.669. The summed E-state index contributed by atoms with van der Waals surface area (Å²) >= 11 is 0. The molecule has 0 bridgehead atoms. The lowest BCUT2D eigenvalue weighted by molar-refractivity contribution is 0.165. The Labute approximate surface area is 126 Å². The fourth-order valence-electron chi connectivity index (χ4n) is 3.27. The van der Waals surface area contributed by atoms with Gasteiger partial charge in [0.1, 0.15) is 5.82 Å². The first-order valence-corrected chi connectivity index (χ1v) is 7.87. The summed E-state index contributed by atoms with van der Waals surface area (Å²) < 4.78 is 0. The van der Waals surface area contributed by atoms with E-state index in [1.54, 1.807) is 0 Å².